The van der Waals surface area contributed by atoms with E-state index in [4.69, 9.17) is 19.2 Å². The Bertz CT molecular complexity index is 923. The normalized spacial score (nSPS) is 17.6. The maximum absolute atomic E-state index is 14.9. The summed E-state index contributed by atoms with van der Waals surface area (Å²) < 4.78 is 32.4. The molecule has 0 atom stereocenters. The van der Waals surface area contributed by atoms with Crippen molar-refractivity contribution in [3.05, 3.63) is 47.3 Å². The molecule has 5 nitrogen and oxygen atoms in total. The van der Waals surface area contributed by atoms with Crippen molar-refractivity contribution in [1.29, 1.82) is 0 Å². The molecule has 1 heterocycles. The lowest BCUT2D eigenvalue weighted by Crippen LogP contribution is -2.41. The predicted octanol–water partition coefficient (Wildman–Crippen LogP) is 3.81. The molecule has 1 fully saturated rings. The molecule has 0 aliphatic carbocycles. The number of hydrogen-bond acceptors (Lipinski definition) is 4. The minimum Gasteiger partial charge on any atom is -0.497 e. The average molecular weight is 386 g/mol. The predicted molar refractivity (Wildman–Crippen MR) is 106 cm³/mol. The zero-order valence-corrected chi connectivity index (χ0v) is 16.9. The van der Waals surface area contributed by atoms with Crippen molar-refractivity contribution in [2.45, 2.75) is 45.8 Å². The molecule has 0 aromatic heterocycles. The van der Waals surface area contributed by atoms with E-state index < -0.39 is 30.1 Å². The lowest BCUT2D eigenvalue weighted by molar-refractivity contribution is 0.00578. The van der Waals surface area contributed by atoms with Crippen molar-refractivity contribution in [1.82, 2.24) is 0 Å². The summed E-state index contributed by atoms with van der Waals surface area (Å²) in [6.07, 6.45) is 0. The Labute approximate surface area is 164 Å². The number of aryl methyl sites for hydroxylation is 1. The van der Waals surface area contributed by atoms with Gasteiger partial charge >= 0.3 is 13.1 Å². The van der Waals surface area contributed by atoms with E-state index in [1.165, 1.54) is 25.3 Å². The van der Waals surface area contributed by atoms with E-state index in [0.717, 1.165) is 0 Å². The van der Waals surface area contributed by atoms with Crippen LogP contribution < -0.4 is 10.2 Å². The van der Waals surface area contributed by atoms with Crippen LogP contribution in [0.3, 0.4) is 0 Å². The van der Waals surface area contributed by atoms with Gasteiger partial charge < -0.3 is 19.2 Å². The lowest BCUT2D eigenvalue weighted by Gasteiger charge is -2.32. The third-order valence-electron chi connectivity index (χ3n) is 5.59. The Hall–Kier alpha value is -2.38. The third-order valence-corrected chi connectivity index (χ3v) is 5.59. The second kappa shape index (κ2) is 6.90. The maximum atomic E-state index is 14.9. The van der Waals surface area contributed by atoms with Crippen LogP contribution in [-0.2, 0) is 9.31 Å². The SMILES string of the molecule is COc1cc(F)c(-c2ccc(C(=O)O)cc2C)cc1B1OC(C)(C)C(C)(C)O1. The minimum absolute atomic E-state index is 0.154. The first kappa shape index (κ1) is 20.4. The van der Waals surface area contributed by atoms with E-state index in [0.29, 0.717) is 27.9 Å². The monoisotopic (exact) mass is 386 g/mol. The summed E-state index contributed by atoms with van der Waals surface area (Å²) in [6.45, 7) is 9.52. The fourth-order valence-electron chi connectivity index (χ4n) is 3.21. The number of aromatic carboxylic acids is 1. The molecule has 0 amide bonds. The van der Waals surface area contributed by atoms with Crippen molar-refractivity contribution in [3.63, 3.8) is 0 Å². The van der Waals surface area contributed by atoms with E-state index in [2.05, 4.69) is 0 Å². The van der Waals surface area contributed by atoms with E-state index >= 15 is 0 Å². The van der Waals surface area contributed by atoms with Crippen LogP contribution in [0.4, 0.5) is 4.39 Å². The van der Waals surface area contributed by atoms with Gasteiger partial charge in [-0.3, -0.25) is 0 Å². The van der Waals surface area contributed by atoms with Gasteiger partial charge in [0.1, 0.15) is 11.6 Å². The molecule has 1 saturated heterocycles. The number of carbonyl (C=O) groups is 1. The van der Waals surface area contributed by atoms with Gasteiger partial charge in [-0.05, 0) is 63.9 Å². The largest absolute Gasteiger partial charge is 0.498 e. The van der Waals surface area contributed by atoms with Gasteiger partial charge in [0, 0.05) is 17.1 Å². The molecule has 148 valence electrons. The van der Waals surface area contributed by atoms with Crippen molar-refractivity contribution in [3.8, 4) is 16.9 Å². The Morgan fingerprint density at radius 1 is 1.07 bits per heavy atom. The second-order valence-corrected chi connectivity index (χ2v) is 8.00. The molecule has 2 aromatic carbocycles. The van der Waals surface area contributed by atoms with Gasteiger partial charge in [0.25, 0.3) is 0 Å². The molecule has 1 aliphatic rings. The number of carboxylic acids is 1. The van der Waals surface area contributed by atoms with Gasteiger partial charge in [0.2, 0.25) is 0 Å². The summed E-state index contributed by atoms with van der Waals surface area (Å²) in [7, 11) is 0.758. The average Bonchev–Trinajstić information content (AvgIpc) is 2.82. The molecule has 0 bridgehead atoms. The van der Waals surface area contributed by atoms with Crippen molar-refractivity contribution < 1.29 is 28.3 Å². The van der Waals surface area contributed by atoms with Crippen molar-refractivity contribution in [2.75, 3.05) is 7.11 Å². The van der Waals surface area contributed by atoms with Crippen LogP contribution in [0.15, 0.2) is 30.3 Å². The zero-order valence-electron chi connectivity index (χ0n) is 16.9. The molecule has 0 saturated carbocycles. The van der Waals surface area contributed by atoms with E-state index in [-0.39, 0.29) is 5.56 Å². The molecule has 3 rings (SSSR count). The Morgan fingerprint density at radius 2 is 1.68 bits per heavy atom. The van der Waals surface area contributed by atoms with Crippen LogP contribution in [0, 0.1) is 12.7 Å². The van der Waals surface area contributed by atoms with Gasteiger partial charge in [0.05, 0.1) is 23.9 Å². The summed E-state index contributed by atoms with van der Waals surface area (Å²) in [4.78, 5) is 11.2. The van der Waals surface area contributed by atoms with E-state index in [1.54, 1.807) is 19.1 Å². The summed E-state index contributed by atoms with van der Waals surface area (Å²) in [5.74, 6) is -1.16. The van der Waals surface area contributed by atoms with Gasteiger partial charge in [-0.1, -0.05) is 6.07 Å². The van der Waals surface area contributed by atoms with Crippen LogP contribution in [0.1, 0.15) is 43.6 Å². The first-order valence-corrected chi connectivity index (χ1v) is 9.04. The fraction of sp³-hybridized carbons (Fsp3) is 0.381. The number of ether oxygens (including phenoxy) is 1. The second-order valence-electron chi connectivity index (χ2n) is 8.00. The van der Waals surface area contributed by atoms with Crippen LogP contribution in [0.25, 0.3) is 11.1 Å². The molecule has 2 aromatic rings. The highest BCUT2D eigenvalue weighted by Crippen LogP contribution is 2.38. The van der Waals surface area contributed by atoms with E-state index in [1.807, 2.05) is 27.7 Å². The molecule has 0 radical (unpaired) electrons. The number of benzene rings is 2. The number of carboxylic acid groups (broad SMARTS) is 1. The molecule has 0 unspecified atom stereocenters. The first-order valence-electron chi connectivity index (χ1n) is 9.04. The standard InChI is InChI=1S/C21H24BFO5/c1-12-9-13(19(24)25)7-8-14(12)15-10-16(18(26-6)11-17(15)23)22-27-20(2,3)21(4,5)28-22/h7-11H,1-6H3,(H,24,25). The van der Waals surface area contributed by atoms with Gasteiger partial charge in [-0.15, -0.1) is 0 Å². The van der Waals surface area contributed by atoms with Crippen molar-refractivity contribution >= 4 is 18.6 Å². The molecule has 1 N–H and O–H groups in total. The number of halogens is 1. The topological polar surface area (TPSA) is 65.0 Å². The smallest absolute Gasteiger partial charge is 0.497 e. The maximum Gasteiger partial charge on any atom is 0.498 e. The van der Waals surface area contributed by atoms with Crippen LogP contribution in [0.2, 0.25) is 0 Å². The highest BCUT2D eigenvalue weighted by molar-refractivity contribution is 6.63. The summed E-state index contributed by atoms with van der Waals surface area (Å²) >= 11 is 0. The third kappa shape index (κ3) is 3.40. The van der Waals surface area contributed by atoms with E-state index in [9.17, 15) is 9.18 Å². The highest BCUT2D eigenvalue weighted by Gasteiger charge is 2.52. The van der Waals surface area contributed by atoms with Gasteiger partial charge in [-0.2, -0.15) is 0 Å². The number of hydrogen-bond donors (Lipinski definition) is 1. The summed E-state index contributed by atoms with van der Waals surface area (Å²) in [5, 5.41) is 9.16. The number of methoxy groups -OCH3 is 1. The molecule has 7 heteroatoms. The Balaban J connectivity index is 2.11. The summed E-state index contributed by atoms with van der Waals surface area (Å²) in [6, 6.07) is 7.55. The quantitative estimate of drug-likeness (QED) is 0.810. The van der Waals surface area contributed by atoms with Crippen molar-refractivity contribution in [2.24, 2.45) is 0 Å². The number of rotatable bonds is 4. The van der Waals surface area contributed by atoms with Crippen LogP contribution in [-0.4, -0.2) is 36.5 Å². The minimum atomic E-state index is -1.03. The molecule has 1 aliphatic heterocycles. The summed E-state index contributed by atoms with van der Waals surface area (Å²) in [5.41, 5.74) is 1.24. The van der Waals surface area contributed by atoms with Gasteiger partial charge in [-0.25, -0.2) is 9.18 Å². The Kier molecular flexibility index (Phi) is 5.02. The fourth-order valence-corrected chi connectivity index (χ4v) is 3.21. The lowest BCUT2D eigenvalue weighted by atomic mass is 9.76. The highest BCUT2D eigenvalue weighted by atomic mass is 19.1. The zero-order chi connectivity index (χ0) is 20.9. The van der Waals surface area contributed by atoms with Crippen LogP contribution in [0.5, 0.6) is 5.75 Å². The Morgan fingerprint density at radius 3 is 2.18 bits per heavy atom. The van der Waals surface area contributed by atoms with Gasteiger partial charge in [0.15, 0.2) is 0 Å². The molecular formula is C21H24BFO5. The molecule has 28 heavy (non-hydrogen) atoms. The molecular weight excluding hydrogens is 362 g/mol. The molecule has 0 spiro atoms. The van der Waals surface area contributed by atoms with Crippen LogP contribution >= 0.6 is 0 Å². The first-order chi connectivity index (χ1) is 13.0.